The highest BCUT2D eigenvalue weighted by Gasteiger charge is 2.09. The molecule has 2 rings (SSSR count). The predicted octanol–water partition coefficient (Wildman–Crippen LogP) is 2.32. The van der Waals surface area contributed by atoms with E-state index in [-0.39, 0.29) is 11.6 Å². The molecule has 1 heterocycles. The first-order valence-corrected chi connectivity index (χ1v) is 6.26. The molecular formula is C15H13N3O3. The van der Waals surface area contributed by atoms with E-state index in [1.165, 1.54) is 18.2 Å². The number of nitrogens with one attached hydrogen (secondary N) is 1. The molecule has 2 aromatic rings. The summed E-state index contributed by atoms with van der Waals surface area (Å²) >= 11 is 0. The van der Waals surface area contributed by atoms with E-state index in [9.17, 15) is 14.9 Å². The largest absolute Gasteiger partial charge is 0.347 e. The Bertz CT molecular complexity index is 669. The van der Waals surface area contributed by atoms with Crippen LogP contribution in [0.4, 0.5) is 5.69 Å². The third-order valence-electron chi connectivity index (χ3n) is 2.72. The van der Waals surface area contributed by atoms with Crippen LogP contribution in [0.1, 0.15) is 11.3 Å². The zero-order valence-corrected chi connectivity index (χ0v) is 11.1. The fraction of sp³-hybridized carbons (Fsp3) is 0.0667. The van der Waals surface area contributed by atoms with Crippen LogP contribution < -0.4 is 5.32 Å². The first-order valence-electron chi connectivity index (χ1n) is 6.26. The Balaban J connectivity index is 1.98. The number of hydrogen-bond donors (Lipinski definition) is 1. The van der Waals surface area contributed by atoms with Gasteiger partial charge in [-0.3, -0.25) is 19.9 Å². The van der Waals surface area contributed by atoms with Crippen LogP contribution >= 0.6 is 0 Å². The van der Waals surface area contributed by atoms with Crippen LogP contribution in [-0.4, -0.2) is 15.8 Å². The average molecular weight is 283 g/mol. The number of aromatic nitrogens is 1. The molecule has 1 aromatic carbocycles. The van der Waals surface area contributed by atoms with Crippen LogP contribution in [0.15, 0.2) is 54.7 Å². The maximum absolute atomic E-state index is 11.7. The number of nitrogens with zero attached hydrogens (tertiary/aromatic N) is 2. The molecule has 0 spiro atoms. The van der Waals surface area contributed by atoms with Crippen molar-refractivity contribution in [1.29, 1.82) is 0 Å². The quantitative estimate of drug-likeness (QED) is 0.518. The van der Waals surface area contributed by atoms with Crippen molar-refractivity contribution >= 4 is 17.7 Å². The van der Waals surface area contributed by atoms with Crippen molar-refractivity contribution in [2.45, 2.75) is 6.54 Å². The highest BCUT2D eigenvalue weighted by molar-refractivity contribution is 5.92. The second kappa shape index (κ2) is 6.95. The second-order valence-corrected chi connectivity index (χ2v) is 4.19. The van der Waals surface area contributed by atoms with E-state index in [0.29, 0.717) is 12.1 Å². The van der Waals surface area contributed by atoms with E-state index in [1.807, 2.05) is 6.07 Å². The molecule has 1 aromatic heterocycles. The van der Waals surface area contributed by atoms with Crippen molar-refractivity contribution in [1.82, 2.24) is 10.3 Å². The number of nitro benzene ring substituents is 1. The summed E-state index contributed by atoms with van der Waals surface area (Å²) in [6, 6.07) is 11.7. The van der Waals surface area contributed by atoms with Gasteiger partial charge in [0.05, 0.1) is 22.7 Å². The number of nitro groups is 1. The van der Waals surface area contributed by atoms with Gasteiger partial charge in [-0.25, -0.2) is 0 Å². The molecule has 0 aliphatic rings. The number of hydrogen-bond acceptors (Lipinski definition) is 4. The molecule has 0 fully saturated rings. The molecule has 1 N–H and O–H groups in total. The van der Waals surface area contributed by atoms with Gasteiger partial charge in [-0.2, -0.15) is 0 Å². The normalized spacial score (nSPS) is 10.5. The molecule has 0 saturated carbocycles. The van der Waals surface area contributed by atoms with Crippen molar-refractivity contribution in [3.8, 4) is 0 Å². The van der Waals surface area contributed by atoms with E-state index in [2.05, 4.69) is 10.3 Å². The van der Waals surface area contributed by atoms with E-state index in [0.717, 1.165) is 5.69 Å². The summed E-state index contributed by atoms with van der Waals surface area (Å²) < 4.78 is 0. The predicted molar refractivity (Wildman–Crippen MR) is 78.2 cm³/mol. The van der Waals surface area contributed by atoms with Crippen LogP contribution in [0.5, 0.6) is 0 Å². The topological polar surface area (TPSA) is 85.1 Å². The van der Waals surface area contributed by atoms with E-state index < -0.39 is 4.92 Å². The second-order valence-electron chi connectivity index (χ2n) is 4.19. The number of carbonyl (C=O) groups is 1. The summed E-state index contributed by atoms with van der Waals surface area (Å²) in [5, 5.41) is 13.5. The van der Waals surface area contributed by atoms with E-state index in [1.54, 1.807) is 36.5 Å². The summed E-state index contributed by atoms with van der Waals surface area (Å²) in [5.74, 6) is -0.334. The number of para-hydroxylation sites is 1. The zero-order valence-electron chi connectivity index (χ0n) is 11.1. The number of pyridine rings is 1. The van der Waals surface area contributed by atoms with Gasteiger partial charge in [-0.05, 0) is 24.3 Å². The van der Waals surface area contributed by atoms with Crippen LogP contribution in [0.3, 0.4) is 0 Å². The Hall–Kier alpha value is -3.02. The molecule has 0 atom stereocenters. The minimum absolute atomic E-state index is 0.0359. The number of benzene rings is 1. The highest BCUT2D eigenvalue weighted by atomic mass is 16.6. The minimum atomic E-state index is -0.481. The summed E-state index contributed by atoms with van der Waals surface area (Å²) in [4.78, 5) is 26.1. The fourth-order valence-electron chi connectivity index (χ4n) is 1.70. The number of rotatable bonds is 5. The molecule has 6 nitrogen and oxygen atoms in total. The van der Waals surface area contributed by atoms with Gasteiger partial charge in [0.1, 0.15) is 0 Å². The van der Waals surface area contributed by atoms with Crippen molar-refractivity contribution in [2.24, 2.45) is 0 Å². The van der Waals surface area contributed by atoms with Gasteiger partial charge in [0, 0.05) is 18.3 Å². The standard InChI is InChI=1S/C15H13N3O3/c19-15(17-11-13-6-3-4-10-16-13)9-8-12-5-1-2-7-14(12)18(20)21/h1-10H,11H2,(H,17,19)/b9-8+. The molecule has 106 valence electrons. The third kappa shape index (κ3) is 4.24. The van der Waals surface area contributed by atoms with Gasteiger partial charge in [-0.1, -0.05) is 18.2 Å². The molecule has 0 aliphatic carbocycles. The fourth-order valence-corrected chi connectivity index (χ4v) is 1.70. The maximum Gasteiger partial charge on any atom is 0.276 e. The average Bonchev–Trinajstić information content (AvgIpc) is 2.52. The molecule has 0 saturated heterocycles. The third-order valence-corrected chi connectivity index (χ3v) is 2.72. The Morgan fingerprint density at radius 1 is 1.24 bits per heavy atom. The van der Waals surface area contributed by atoms with Gasteiger partial charge in [0.25, 0.3) is 5.69 Å². The van der Waals surface area contributed by atoms with Gasteiger partial charge in [-0.15, -0.1) is 0 Å². The lowest BCUT2D eigenvalue weighted by molar-refractivity contribution is -0.385. The van der Waals surface area contributed by atoms with Crippen LogP contribution in [0.25, 0.3) is 6.08 Å². The molecule has 1 amide bonds. The molecule has 0 bridgehead atoms. The Morgan fingerprint density at radius 3 is 2.71 bits per heavy atom. The Labute approximate surface area is 121 Å². The molecule has 0 radical (unpaired) electrons. The summed E-state index contributed by atoms with van der Waals surface area (Å²) in [6.45, 7) is 0.306. The lowest BCUT2D eigenvalue weighted by Crippen LogP contribution is -2.20. The monoisotopic (exact) mass is 283 g/mol. The molecule has 21 heavy (non-hydrogen) atoms. The Morgan fingerprint density at radius 2 is 2.00 bits per heavy atom. The SMILES string of the molecule is O=C(/C=C/c1ccccc1[N+](=O)[O-])NCc1ccccn1. The van der Waals surface area contributed by atoms with Crippen molar-refractivity contribution in [3.63, 3.8) is 0 Å². The molecule has 6 heteroatoms. The Kier molecular flexibility index (Phi) is 4.76. The van der Waals surface area contributed by atoms with E-state index >= 15 is 0 Å². The molecular weight excluding hydrogens is 270 g/mol. The number of carbonyl (C=O) groups excluding carboxylic acids is 1. The smallest absolute Gasteiger partial charge is 0.276 e. The van der Waals surface area contributed by atoms with Crippen molar-refractivity contribution in [3.05, 3.63) is 76.1 Å². The number of amides is 1. The zero-order chi connectivity index (χ0) is 15.1. The van der Waals surface area contributed by atoms with Crippen LogP contribution in [-0.2, 0) is 11.3 Å². The van der Waals surface area contributed by atoms with Crippen molar-refractivity contribution in [2.75, 3.05) is 0 Å². The van der Waals surface area contributed by atoms with Gasteiger partial charge >= 0.3 is 0 Å². The summed E-state index contributed by atoms with van der Waals surface area (Å²) in [5.41, 5.74) is 1.09. The van der Waals surface area contributed by atoms with Crippen LogP contribution in [0.2, 0.25) is 0 Å². The lowest BCUT2D eigenvalue weighted by Gasteiger charge is -2.01. The summed E-state index contributed by atoms with van der Waals surface area (Å²) in [6.07, 6.45) is 4.34. The first-order chi connectivity index (χ1) is 10.2. The molecule has 0 unspecified atom stereocenters. The highest BCUT2D eigenvalue weighted by Crippen LogP contribution is 2.18. The van der Waals surface area contributed by atoms with Gasteiger partial charge < -0.3 is 5.32 Å². The van der Waals surface area contributed by atoms with Gasteiger partial charge in [0.2, 0.25) is 5.91 Å². The van der Waals surface area contributed by atoms with Gasteiger partial charge in [0.15, 0.2) is 0 Å². The van der Waals surface area contributed by atoms with E-state index in [4.69, 9.17) is 0 Å². The van der Waals surface area contributed by atoms with Crippen molar-refractivity contribution < 1.29 is 9.72 Å². The maximum atomic E-state index is 11.7. The minimum Gasteiger partial charge on any atom is -0.347 e. The molecule has 0 aliphatic heterocycles. The summed E-state index contributed by atoms with van der Waals surface area (Å²) in [7, 11) is 0. The van der Waals surface area contributed by atoms with Crippen LogP contribution in [0, 0.1) is 10.1 Å². The lowest BCUT2D eigenvalue weighted by atomic mass is 10.1. The first kappa shape index (κ1) is 14.4.